The molecule has 3 aliphatic heterocycles. The number of nitrogens with zero attached hydrogens (tertiary/aromatic N) is 1. The predicted octanol–water partition coefficient (Wildman–Crippen LogP) is 2.59. The van der Waals surface area contributed by atoms with Crippen LogP contribution in [0.15, 0.2) is 0 Å². The van der Waals surface area contributed by atoms with Crippen LogP contribution in [0.25, 0.3) is 0 Å². The summed E-state index contributed by atoms with van der Waals surface area (Å²) in [5.41, 5.74) is -0.253. The van der Waals surface area contributed by atoms with Gasteiger partial charge in [-0.15, -0.1) is 12.3 Å². The topological polar surface area (TPSA) is 51.5 Å². The summed E-state index contributed by atoms with van der Waals surface area (Å²) in [6, 6.07) is 2.32. The Kier molecular flexibility index (Phi) is 3.73. The largest absolute Gasteiger partial charge is 0.327 e. The average molecular weight is 275 g/mol. The molecular weight excluding hydrogens is 254 g/mol. The van der Waals surface area contributed by atoms with Gasteiger partial charge in [-0.25, -0.2) is 0 Å². The standard InChI is InChI=1S/C16H21NO3/c1-2-3-4-5-8-16-18-11-15(12-19-16,9-13-6-7-13)14(10-17)20-16/h1,13-14H,3-9,11-12H2. The predicted molar refractivity (Wildman–Crippen MR) is 72.2 cm³/mol. The zero-order chi connectivity index (χ0) is 14.1. The fourth-order valence-corrected chi connectivity index (χ4v) is 3.17. The van der Waals surface area contributed by atoms with E-state index in [4.69, 9.17) is 20.6 Å². The molecule has 1 unspecified atom stereocenters. The van der Waals surface area contributed by atoms with Gasteiger partial charge in [0.05, 0.1) is 24.7 Å². The smallest absolute Gasteiger partial charge is 0.284 e. The normalized spacial score (nSPS) is 39.2. The van der Waals surface area contributed by atoms with Crippen molar-refractivity contribution in [3.05, 3.63) is 0 Å². The first-order valence-corrected chi connectivity index (χ1v) is 7.51. The van der Waals surface area contributed by atoms with Crippen molar-refractivity contribution in [2.24, 2.45) is 11.3 Å². The third-order valence-electron chi connectivity index (χ3n) is 4.58. The zero-order valence-electron chi connectivity index (χ0n) is 11.8. The maximum absolute atomic E-state index is 9.42. The van der Waals surface area contributed by atoms with Crippen LogP contribution in [0.5, 0.6) is 0 Å². The van der Waals surface area contributed by atoms with Crippen molar-refractivity contribution >= 4 is 0 Å². The molecule has 3 heterocycles. The monoisotopic (exact) mass is 275 g/mol. The summed E-state index contributed by atoms with van der Waals surface area (Å²) >= 11 is 0. The lowest BCUT2D eigenvalue weighted by Gasteiger charge is -2.54. The highest BCUT2D eigenvalue weighted by Gasteiger charge is 2.59. The van der Waals surface area contributed by atoms with Gasteiger partial charge in [0, 0.05) is 12.8 Å². The van der Waals surface area contributed by atoms with E-state index >= 15 is 0 Å². The number of terminal acetylenes is 1. The van der Waals surface area contributed by atoms with E-state index in [1.807, 2.05) is 0 Å². The van der Waals surface area contributed by atoms with E-state index in [1.54, 1.807) is 0 Å². The van der Waals surface area contributed by atoms with Crippen LogP contribution in [0.1, 0.15) is 44.9 Å². The van der Waals surface area contributed by atoms with Gasteiger partial charge >= 0.3 is 0 Å². The number of nitriles is 1. The van der Waals surface area contributed by atoms with Gasteiger partial charge in [-0.2, -0.15) is 5.26 Å². The minimum Gasteiger partial charge on any atom is -0.327 e. The third-order valence-corrected chi connectivity index (χ3v) is 4.58. The van der Waals surface area contributed by atoms with E-state index in [-0.39, 0.29) is 5.41 Å². The van der Waals surface area contributed by atoms with Crippen LogP contribution in [0.2, 0.25) is 0 Å². The summed E-state index contributed by atoms with van der Waals surface area (Å²) in [6.07, 6.45) is 11.6. The highest BCUT2D eigenvalue weighted by atomic mass is 16.9. The van der Waals surface area contributed by atoms with Gasteiger partial charge in [0.25, 0.3) is 5.97 Å². The van der Waals surface area contributed by atoms with Crippen LogP contribution < -0.4 is 0 Å². The Morgan fingerprint density at radius 3 is 2.55 bits per heavy atom. The summed E-state index contributed by atoms with van der Waals surface area (Å²) in [4.78, 5) is 0. The molecule has 4 rings (SSSR count). The Morgan fingerprint density at radius 2 is 1.95 bits per heavy atom. The summed E-state index contributed by atoms with van der Waals surface area (Å²) in [6.45, 7) is 1.16. The second kappa shape index (κ2) is 5.37. The van der Waals surface area contributed by atoms with Gasteiger partial charge < -0.3 is 14.2 Å². The lowest BCUT2D eigenvalue weighted by atomic mass is 9.77. The van der Waals surface area contributed by atoms with E-state index in [0.29, 0.717) is 19.6 Å². The molecule has 0 radical (unpaired) electrons. The molecule has 4 fully saturated rings. The number of hydrogen-bond acceptors (Lipinski definition) is 4. The molecule has 4 aliphatic rings. The fourth-order valence-electron chi connectivity index (χ4n) is 3.17. The summed E-state index contributed by atoms with van der Waals surface area (Å²) in [5, 5.41) is 9.42. The van der Waals surface area contributed by atoms with E-state index in [0.717, 1.165) is 31.6 Å². The second-order valence-electron chi connectivity index (χ2n) is 6.31. The maximum atomic E-state index is 9.42. The van der Waals surface area contributed by atoms with Crippen molar-refractivity contribution in [1.29, 1.82) is 5.26 Å². The van der Waals surface area contributed by atoms with Gasteiger partial charge in [0.2, 0.25) is 0 Å². The van der Waals surface area contributed by atoms with Crippen LogP contribution in [0, 0.1) is 35.0 Å². The SMILES string of the molecule is C#CCCCCC12OCC(CC3CC3)(CO1)C(C#N)O2. The molecule has 0 aromatic carbocycles. The first kappa shape index (κ1) is 13.9. The first-order valence-electron chi connectivity index (χ1n) is 7.51. The molecule has 0 spiro atoms. The summed E-state index contributed by atoms with van der Waals surface area (Å²) in [7, 11) is 0. The molecule has 0 aromatic heterocycles. The van der Waals surface area contributed by atoms with E-state index in [9.17, 15) is 5.26 Å². The van der Waals surface area contributed by atoms with Gasteiger partial charge in [-0.3, -0.25) is 0 Å². The lowest BCUT2D eigenvalue weighted by Crippen LogP contribution is -2.64. The molecule has 4 heteroatoms. The van der Waals surface area contributed by atoms with Crippen molar-refractivity contribution in [2.75, 3.05) is 13.2 Å². The van der Waals surface area contributed by atoms with Crippen molar-refractivity contribution in [2.45, 2.75) is 57.0 Å². The lowest BCUT2D eigenvalue weighted by molar-refractivity contribution is -0.483. The molecule has 3 saturated heterocycles. The average Bonchev–Trinajstić information content (AvgIpc) is 3.29. The number of hydrogen-bond donors (Lipinski definition) is 0. The molecule has 1 aliphatic carbocycles. The Labute approximate surface area is 120 Å². The Balaban J connectivity index is 1.62. The minimum absolute atomic E-state index is 0.253. The second-order valence-corrected chi connectivity index (χ2v) is 6.31. The van der Waals surface area contributed by atoms with Crippen molar-refractivity contribution in [1.82, 2.24) is 0 Å². The molecule has 0 aromatic rings. The molecule has 4 nitrogen and oxygen atoms in total. The molecule has 1 atom stereocenters. The molecule has 2 bridgehead atoms. The highest BCUT2D eigenvalue weighted by Crippen LogP contribution is 2.51. The van der Waals surface area contributed by atoms with Crippen molar-refractivity contribution < 1.29 is 14.2 Å². The molecule has 108 valence electrons. The van der Waals surface area contributed by atoms with Crippen molar-refractivity contribution in [3.8, 4) is 18.4 Å². The third kappa shape index (κ3) is 2.56. The summed E-state index contributed by atoms with van der Waals surface area (Å²) in [5.74, 6) is 2.35. The molecule has 20 heavy (non-hydrogen) atoms. The Bertz CT molecular complexity index is 436. The van der Waals surface area contributed by atoms with Crippen LogP contribution in [0.3, 0.4) is 0 Å². The van der Waals surface area contributed by atoms with Gasteiger partial charge in [-0.1, -0.05) is 12.8 Å². The molecule has 0 N–H and O–H groups in total. The van der Waals surface area contributed by atoms with Gasteiger partial charge in [0.15, 0.2) is 6.10 Å². The van der Waals surface area contributed by atoms with Crippen molar-refractivity contribution in [3.63, 3.8) is 0 Å². The maximum Gasteiger partial charge on any atom is 0.284 e. The van der Waals surface area contributed by atoms with E-state index < -0.39 is 12.1 Å². The number of ether oxygens (including phenoxy) is 3. The highest BCUT2D eigenvalue weighted by molar-refractivity contribution is 5.07. The van der Waals surface area contributed by atoms with Crippen LogP contribution in [-0.4, -0.2) is 25.3 Å². The van der Waals surface area contributed by atoms with Crippen LogP contribution in [0.4, 0.5) is 0 Å². The molecule has 0 amide bonds. The summed E-state index contributed by atoms with van der Waals surface area (Å²) < 4.78 is 17.6. The van der Waals surface area contributed by atoms with Crippen LogP contribution in [-0.2, 0) is 14.2 Å². The minimum atomic E-state index is -1.000. The van der Waals surface area contributed by atoms with Gasteiger partial charge in [-0.05, 0) is 25.2 Å². The van der Waals surface area contributed by atoms with Crippen LogP contribution >= 0.6 is 0 Å². The first-order chi connectivity index (χ1) is 9.72. The molecular formula is C16H21NO3. The molecule has 1 saturated carbocycles. The number of fused-ring (bicyclic) bond motifs is 3. The number of rotatable bonds is 6. The fraction of sp³-hybridized carbons (Fsp3) is 0.812. The van der Waals surface area contributed by atoms with E-state index in [1.165, 1.54) is 12.8 Å². The quantitative estimate of drug-likeness (QED) is 0.552. The zero-order valence-corrected chi connectivity index (χ0v) is 11.8. The van der Waals surface area contributed by atoms with E-state index in [2.05, 4.69) is 12.0 Å². The van der Waals surface area contributed by atoms with Gasteiger partial charge in [0.1, 0.15) is 0 Å². The Morgan fingerprint density at radius 1 is 1.20 bits per heavy atom. The Hall–Kier alpha value is -1.07. The number of unbranched alkanes of at least 4 members (excludes halogenated alkanes) is 2.